The Hall–Kier alpha value is -1.78. The van der Waals surface area contributed by atoms with Gasteiger partial charge >= 0.3 is 0 Å². The van der Waals surface area contributed by atoms with Crippen LogP contribution >= 0.6 is 0 Å². The maximum Gasteiger partial charge on any atom is 0.289 e. The van der Waals surface area contributed by atoms with E-state index in [1.54, 1.807) is 12.1 Å². The predicted molar refractivity (Wildman–Crippen MR) is 87.0 cm³/mol. The summed E-state index contributed by atoms with van der Waals surface area (Å²) in [5.74, 6) is 0.455. The minimum absolute atomic E-state index is 0.0145. The number of rotatable bonds is 1. The topological polar surface area (TPSA) is 53.8 Å². The molecule has 0 unspecified atom stereocenters. The highest BCUT2D eigenvalue weighted by molar-refractivity contribution is 5.92. The van der Waals surface area contributed by atoms with Crippen molar-refractivity contribution in [3.63, 3.8) is 0 Å². The normalized spacial score (nSPS) is 26.7. The van der Waals surface area contributed by atoms with Gasteiger partial charge in [-0.05, 0) is 37.8 Å². The smallest absolute Gasteiger partial charge is 0.289 e. The molecular formula is C18H26N2O3. The molecule has 126 valence electrons. The Balaban J connectivity index is 1.85. The van der Waals surface area contributed by atoms with Crippen LogP contribution in [-0.2, 0) is 4.79 Å². The van der Waals surface area contributed by atoms with E-state index in [4.69, 9.17) is 4.42 Å². The average molecular weight is 318 g/mol. The van der Waals surface area contributed by atoms with Gasteiger partial charge in [0.05, 0.1) is 12.2 Å². The van der Waals surface area contributed by atoms with E-state index in [2.05, 4.69) is 0 Å². The van der Waals surface area contributed by atoms with Crippen molar-refractivity contribution in [3.8, 4) is 0 Å². The molecule has 1 saturated heterocycles. The average Bonchev–Trinajstić information content (AvgIpc) is 3.23. The van der Waals surface area contributed by atoms with Crippen LogP contribution in [-0.4, -0.2) is 47.8 Å². The van der Waals surface area contributed by atoms with E-state index in [0.717, 1.165) is 58.0 Å². The molecule has 5 nitrogen and oxygen atoms in total. The van der Waals surface area contributed by atoms with E-state index in [0.29, 0.717) is 5.76 Å². The number of hydrogen-bond acceptors (Lipinski definition) is 3. The van der Waals surface area contributed by atoms with E-state index >= 15 is 0 Å². The summed E-state index contributed by atoms with van der Waals surface area (Å²) in [5, 5.41) is 0. The van der Waals surface area contributed by atoms with Gasteiger partial charge in [0.15, 0.2) is 5.76 Å². The standard InChI is InChI=1S/C18H26N2O3/c1-19-11-4-2-3-5-12-20(18(22)16-10-7-13-23-16)15-9-6-8-14(15)17(19)21/h7,10,13-15H,2-6,8-9,11-12H2,1H3/t14-,15+/m1/s1. The Bertz CT molecular complexity index is 540. The second-order valence-electron chi connectivity index (χ2n) is 6.75. The lowest BCUT2D eigenvalue weighted by Gasteiger charge is -2.33. The summed E-state index contributed by atoms with van der Waals surface area (Å²) in [6.07, 6.45) is 8.59. The summed E-state index contributed by atoms with van der Waals surface area (Å²) in [4.78, 5) is 29.4. The molecule has 1 aliphatic heterocycles. The van der Waals surface area contributed by atoms with Crippen LogP contribution in [0, 0.1) is 5.92 Å². The molecular weight excluding hydrogens is 292 g/mol. The second kappa shape index (κ2) is 7.20. The van der Waals surface area contributed by atoms with Crippen LogP contribution in [0.25, 0.3) is 0 Å². The number of carbonyl (C=O) groups excluding carboxylic acids is 2. The van der Waals surface area contributed by atoms with E-state index in [1.165, 1.54) is 6.26 Å². The third-order valence-electron chi connectivity index (χ3n) is 5.21. The van der Waals surface area contributed by atoms with Crippen molar-refractivity contribution in [2.24, 2.45) is 5.92 Å². The van der Waals surface area contributed by atoms with Gasteiger partial charge < -0.3 is 14.2 Å². The van der Waals surface area contributed by atoms with Crippen molar-refractivity contribution in [1.82, 2.24) is 9.80 Å². The van der Waals surface area contributed by atoms with Crippen molar-refractivity contribution in [2.45, 2.75) is 51.0 Å². The van der Waals surface area contributed by atoms with Crippen LogP contribution in [0.15, 0.2) is 22.8 Å². The number of nitrogens with zero attached hydrogens (tertiary/aromatic N) is 2. The Kier molecular flexibility index (Phi) is 5.03. The Morgan fingerprint density at radius 1 is 1.13 bits per heavy atom. The molecule has 1 aliphatic carbocycles. The first kappa shape index (κ1) is 16.1. The van der Waals surface area contributed by atoms with E-state index in [-0.39, 0.29) is 23.8 Å². The highest BCUT2D eigenvalue weighted by Gasteiger charge is 2.40. The molecule has 1 saturated carbocycles. The summed E-state index contributed by atoms with van der Waals surface area (Å²) in [6.45, 7) is 1.55. The highest BCUT2D eigenvalue weighted by Crippen LogP contribution is 2.33. The Morgan fingerprint density at radius 3 is 2.65 bits per heavy atom. The van der Waals surface area contributed by atoms with Gasteiger partial charge in [-0.2, -0.15) is 0 Å². The molecule has 0 radical (unpaired) electrons. The monoisotopic (exact) mass is 318 g/mol. The first-order valence-corrected chi connectivity index (χ1v) is 8.78. The SMILES string of the molecule is CN1CCCCCCN(C(=O)c2ccco2)[C@H]2CCC[C@H]2C1=O. The molecule has 2 atom stereocenters. The van der Waals surface area contributed by atoms with Crippen LogP contribution in [0.5, 0.6) is 0 Å². The van der Waals surface area contributed by atoms with Gasteiger partial charge in [0.25, 0.3) is 5.91 Å². The Morgan fingerprint density at radius 2 is 1.91 bits per heavy atom. The highest BCUT2D eigenvalue weighted by atomic mass is 16.3. The zero-order valence-corrected chi connectivity index (χ0v) is 13.9. The zero-order valence-electron chi connectivity index (χ0n) is 13.9. The molecule has 0 spiro atoms. The fourth-order valence-electron chi connectivity index (χ4n) is 3.94. The summed E-state index contributed by atoms with van der Waals surface area (Å²) in [5.41, 5.74) is 0. The zero-order chi connectivity index (χ0) is 16.2. The third-order valence-corrected chi connectivity index (χ3v) is 5.21. The minimum Gasteiger partial charge on any atom is -0.459 e. The fourth-order valence-corrected chi connectivity index (χ4v) is 3.94. The first-order chi connectivity index (χ1) is 11.2. The molecule has 5 heteroatoms. The number of carbonyl (C=O) groups is 2. The molecule has 0 N–H and O–H groups in total. The summed E-state index contributed by atoms with van der Waals surface area (Å²) < 4.78 is 5.31. The van der Waals surface area contributed by atoms with Gasteiger partial charge in [0.2, 0.25) is 5.91 Å². The molecule has 23 heavy (non-hydrogen) atoms. The number of amides is 2. The lowest BCUT2D eigenvalue weighted by atomic mass is 9.99. The van der Waals surface area contributed by atoms with Gasteiger partial charge in [-0.3, -0.25) is 9.59 Å². The van der Waals surface area contributed by atoms with Crippen LogP contribution < -0.4 is 0 Å². The van der Waals surface area contributed by atoms with Crippen LogP contribution in [0.2, 0.25) is 0 Å². The molecule has 1 aromatic rings. The number of fused-ring (bicyclic) bond motifs is 1. The molecule has 2 aliphatic rings. The molecule has 0 bridgehead atoms. The fraction of sp³-hybridized carbons (Fsp3) is 0.667. The van der Waals surface area contributed by atoms with Crippen molar-refractivity contribution in [1.29, 1.82) is 0 Å². The summed E-state index contributed by atoms with van der Waals surface area (Å²) in [6, 6.07) is 3.47. The molecule has 1 aromatic heterocycles. The van der Waals surface area contributed by atoms with Gasteiger partial charge in [-0.15, -0.1) is 0 Å². The molecule has 2 fully saturated rings. The first-order valence-electron chi connectivity index (χ1n) is 8.78. The largest absolute Gasteiger partial charge is 0.459 e. The number of hydrogen-bond donors (Lipinski definition) is 0. The minimum atomic E-state index is -0.0680. The maximum absolute atomic E-state index is 12.8. The molecule has 2 amide bonds. The maximum atomic E-state index is 12.8. The third kappa shape index (κ3) is 3.43. The van der Waals surface area contributed by atoms with Gasteiger partial charge in [0, 0.05) is 26.2 Å². The van der Waals surface area contributed by atoms with E-state index in [1.807, 2.05) is 16.8 Å². The van der Waals surface area contributed by atoms with Crippen molar-refractivity contribution >= 4 is 11.8 Å². The van der Waals surface area contributed by atoms with Crippen molar-refractivity contribution in [3.05, 3.63) is 24.2 Å². The lowest BCUT2D eigenvalue weighted by Crippen LogP contribution is -2.47. The summed E-state index contributed by atoms with van der Waals surface area (Å²) in [7, 11) is 1.90. The van der Waals surface area contributed by atoms with Crippen LogP contribution in [0.3, 0.4) is 0 Å². The number of furan rings is 1. The summed E-state index contributed by atoms with van der Waals surface area (Å²) >= 11 is 0. The molecule has 0 aromatic carbocycles. The van der Waals surface area contributed by atoms with Crippen molar-refractivity contribution < 1.29 is 14.0 Å². The lowest BCUT2D eigenvalue weighted by molar-refractivity contribution is -0.135. The van der Waals surface area contributed by atoms with E-state index in [9.17, 15) is 9.59 Å². The van der Waals surface area contributed by atoms with Crippen LogP contribution in [0.4, 0.5) is 0 Å². The van der Waals surface area contributed by atoms with Gasteiger partial charge in [0.1, 0.15) is 0 Å². The van der Waals surface area contributed by atoms with Gasteiger partial charge in [-0.25, -0.2) is 0 Å². The van der Waals surface area contributed by atoms with Crippen LogP contribution in [0.1, 0.15) is 55.5 Å². The molecule has 3 rings (SSSR count). The predicted octanol–water partition coefficient (Wildman–Crippen LogP) is 2.92. The molecule has 2 heterocycles. The van der Waals surface area contributed by atoms with Crippen molar-refractivity contribution in [2.75, 3.05) is 20.1 Å². The quantitative estimate of drug-likeness (QED) is 0.800. The Labute approximate surface area is 137 Å². The second-order valence-corrected chi connectivity index (χ2v) is 6.75. The van der Waals surface area contributed by atoms with Gasteiger partial charge in [-0.1, -0.05) is 19.3 Å². The van der Waals surface area contributed by atoms with E-state index < -0.39 is 0 Å².